The third kappa shape index (κ3) is 2.19. The smallest absolute Gasteiger partial charge is 0.0355 e. The monoisotopic (exact) mass is 195 g/mol. The third-order valence-corrected chi connectivity index (χ3v) is 2.66. The number of nitrogen functional groups attached to an aromatic ring is 1. The molecule has 0 atom stereocenters. The molecule has 0 bridgehead atoms. The SMILES string of the molecule is Cc1cc(N)c(C(C)(C)C)cc1S. The average molecular weight is 195 g/mol. The molecule has 1 aromatic rings. The highest BCUT2D eigenvalue weighted by Gasteiger charge is 2.17. The molecule has 0 spiro atoms. The van der Waals surface area contributed by atoms with Gasteiger partial charge in [0.05, 0.1) is 0 Å². The van der Waals surface area contributed by atoms with E-state index >= 15 is 0 Å². The van der Waals surface area contributed by atoms with Crippen molar-refractivity contribution in [3.63, 3.8) is 0 Å². The zero-order valence-electron chi connectivity index (χ0n) is 8.68. The highest BCUT2D eigenvalue weighted by atomic mass is 32.1. The first-order chi connectivity index (χ1) is 5.82. The zero-order chi connectivity index (χ0) is 10.2. The van der Waals surface area contributed by atoms with Crippen LogP contribution in [0.25, 0.3) is 0 Å². The van der Waals surface area contributed by atoms with Crippen LogP contribution >= 0.6 is 12.6 Å². The maximum atomic E-state index is 5.94. The van der Waals surface area contributed by atoms with Gasteiger partial charge < -0.3 is 5.73 Å². The first-order valence-corrected chi connectivity index (χ1v) is 4.86. The molecule has 0 aliphatic carbocycles. The number of nitrogens with two attached hydrogens (primary N) is 1. The van der Waals surface area contributed by atoms with E-state index in [1.165, 1.54) is 5.56 Å². The van der Waals surface area contributed by atoms with Gasteiger partial charge in [0.2, 0.25) is 0 Å². The zero-order valence-corrected chi connectivity index (χ0v) is 9.57. The first-order valence-electron chi connectivity index (χ1n) is 4.42. The molecule has 0 aliphatic heterocycles. The Bertz CT molecular complexity index is 324. The van der Waals surface area contributed by atoms with Gasteiger partial charge in [0, 0.05) is 10.6 Å². The van der Waals surface area contributed by atoms with Gasteiger partial charge in [-0.15, -0.1) is 12.6 Å². The maximum absolute atomic E-state index is 5.94. The van der Waals surface area contributed by atoms with Gasteiger partial charge in [0.1, 0.15) is 0 Å². The summed E-state index contributed by atoms with van der Waals surface area (Å²) in [5.41, 5.74) is 9.20. The van der Waals surface area contributed by atoms with Crippen molar-refractivity contribution in [3.05, 3.63) is 23.3 Å². The van der Waals surface area contributed by atoms with E-state index in [4.69, 9.17) is 5.73 Å². The second kappa shape index (κ2) is 3.26. The Morgan fingerprint density at radius 1 is 1.23 bits per heavy atom. The van der Waals surface area contributed by atoms with Crippen LogP contribution in [-0.2, 0) is 5.41 Å². The number of hydrogen-bond donors (Lipinski definition) is 2. The summed E-state index contributed by atoms with van der Waals surface area (Å²) in [7, 11) is 0. The van der Waals surface area contributed by atoms with Crippen LogP contribution in [0, 0.1) is 6.92 Å². The molecule has 72 valence electrons. The lowest BCUT2D eigenvalue weighted by Crippen LogP contribution is -2.14. The summed E-state index contributed by atoms with van der Waals surface area (Å²) in [6.07, 6.45) is 0. The lowest BCUT2D eigenvalue weighted by atomic mass is 9.85. The molecule has 0 radical (unpaired) electrons. The fourth-order valence-corrected chi connectivity index (χ4v) is 1.56. The van der Waals surface area contributed by atoms with Crippen molar-refractivity contribution in [1.29, 1.82) is 0 Å². The van der Waals surface area contributed by atoms with E-state index < -0.39 is 0 Å². The first kappa shape index (κ1) is 10.5. The largest absolute Gasteiger partial charge is 0.398 e. The lowest BCUT2D eigenvalue weighted by Gasteiger charge is -2.22. The van der Waals surface area contributed by atoms with Gasteiger partial charge in [-0.1, -0.05) is 20.8 Å². The number of aryl methyl sites for hydroxylation is 1. The predicted molar refractivity (Wildman–Crippen MR) is 61.5 cm³/mol. The summed E-state index contributed by atoms with van der Waals surface area (Å²) < 4.78 is 0. The highest BCUT2D eigenvalue weighted by molar-refractivity contribution is 7.80. The molecule has 0 aliphatic rings. The fourth-order valence-electron chi connectivity index (χ4n) is 1.37. The number of benzene rings is 1. The molecule has 0 heterocycles. The van der Waals surface area contributed by atoms with E-state index in [-0.39, 0.29) is 5.41 Å². The van der Waals surface area contributed by atoms with Crippen molar-refractivity contribution in [2.75, 3.05) is 5.73 Å². The van der Waals surface area contributed by atoms with Crippen molar-refractivity contribution in [2.45, 2.75) is 38.0 Å². The molecule has 0 fully saturated rings. The lowest BCUT2D eigenvalue weighted by molar-refractivity contribution is 0.591. The fraction of sp³-hybridized carbons (Fsp3) is 0.455. The summed E-state index contributed by atoms with van der Waals surface area (Å²) in [5, 5.41) is 0. The van der Waals surface area contributed by atoms with Gasteiger partial charge in [0.25, 0.3) is 0 Å². The van der Waals surface area contributed by atoms with E-state index in [2.05, 4.69) is 39.5 Å². The van der Waals surface area contributed by atoms with E-state index in [9.17, 15) is 0 Å². The summed E-state index contributed by atoms with van der Waals surface area (Å²) in [5.74, 6) is 0. The van der Waals surface area contributed by atoms with Gasteiger partial charge >= 0.3 is 0 Å². The summed E-state index contributed by atoms with van der Waals surface area (Å²) >= 11 is 4.39. The number of rotatable bonds is 0. The Labute approximate surface area is 85.8 Å². The minimum absolute atomic E-state index is 0.0925. The van der Waals surface area contributed by atoms with Crippen molar-refractivity contribution < 1.29 is 0 Å². The van der Waals surface area contributed by atoms with E-state index in [0.29, 0.717) is 0 Å². The Hall–Kier alpha value is -0.630. The molecule has 2 heteroatoms. The summed E-state index contributed by atoms with van der Waals surface area (Å²) in [4.78, 5) is 1.01. The Kier molecular flexibility index (Phi) is 2.62. The number of hydrogen-bond acceptors (Lipinski definition) is 2. The average Bonchev–Trinajstić information content (AvgIpc) is 1.94. The molecule has 0 saturated carbocycles. The Balaban J connectivity index is 3.32. The molecule has 0 saturated heterocycles. The summed E-state index contributed by atoms with van der Waals surface area (Å²) in [6.45, 7) is 8.48. The molecular formula is C11H17NS. The standard InChI is InChI=1S/C11H17NS/c1-7-5-9(12)8(6-10(7)13)11(2,3)4/h5-6,13H,12H2,1-4H3. The molecule has 1 nitrogen and oxygen atoms in total. The Morgan fingerprint density at radius 3 is 2.23 bits per heavy atom. The van der Waals surface area contributed by atoms with Crippen molar-refractivity contribution in [3.8, 4) is 0 Å². The van der Waals surface area contributed by atoms with Gasteiger partial charge in [-0.2, -0.15) is 0 Å². The second-order valence-corrected chi connectivity index (χ2v) is 4.96. The highest BCUT2D eigenvalue weighted by Crippen LogP contribution is 2.31. The Morgan fingerprint density at radius 2 is 1.77 bits per heavy atom. The predicted octanol–water partition coefficient (Wildman–Crippen LogP) is 3.16. The maximum Gasteiger partial charge on any atom is 0.0355 e. The van der Waals surface area contributed by atoms with Crippen LogP contribution in [0.4, 0.5) is 5.69 Å². The van der Waals surface area contributed by atoms with Crippen LogP contribution in [0.3, 0.4) is 0 Å². The molecule has 0 amide bonds. The molecular weight excluding hydrogens is 178 g/mol. The molecule has 1 aromatic carbocycles. The minimum atomic E-state index is 0.0925. The molecule has 2 N–H and O–H groups in total. The third-order valence-electron chi connectivity index (χ3n) is 2.18. The van der Waals surface area contributed by atoms with E-state index in [0.717, 1.165) is 16.1 Å². The van der Waals surface area contributed by atoms with Gasteiger partial charge in [-0.25, -0.2) is 0 Å². The quantitative estimate of drug-likeness (QED) is 0.482. The van der Waals surface area contributed by atoms with Crippen LogP contribution < -0.4 is 5.73 Å². The van der Waals surface area contributed by atoms with Crippen molar-refractivity contribution in [2.24, 2.45) is 0 Å². The normalized spacial score (nSPS) is 11.8. The minimum Gasteiger partial charge on any atom is -0.398 e. The number of thiol groups is 1. The van der Waals surface area contributed by atoms with Crippen LogP contribution in [-0.4, -0.2) is 0 Å². The number of anilines is 1. The molecule has 0 aromatic heterocycles. The molecule has 13 heavy (non-hydrogen) atoms. The van der Waals surface area contributed by atoms with Gasteiger partial charge in [0.15, 0.2) is 0 Å². The molecule has 1 rings (SSSR count). The summed E-state index contributed by atoms with van der Waals surface area (Å²) in [6, 6.07) is 4.05. The van der Waals surface area contributed by atoms with Crippen LogP contribution in [0.15, 0.2) is 17.0 Å². The van der Waals surface area contributed by atoms with E-state index in [1.54, 1.807) is 0 Å². The molecule has 0 unspecified atom stereocenters. The van der Waals surface area contributed by atoms with Crippen LogP contribution in [0.2, 0.25) is 0 Å². The van der Waals surface area contributed by atoms with E-state index in [1.807, 2.05) is 13.0 Å². The van der Waals surface area contributed by atoms with Crippen LogP contribution in [0.1, 0.15) is 31.9 Å². The van der Waals surface area contributed by atoms with Gasteiger partial charge in [-0.3, -0.25) is 0 Å². The second-order valence-electron chi connectivity index (χ2n) is 4.48. The van der Waals surface area contributed by atoms with Crippen molar-refractivity contribution >= 4 is 18.3 Å². The topological polar surface area (TPSA) is 26.0 Å². The van der Waals surface area contributed by atoms with Crippen LogP contribution in [0.5, 0.6) is 0 Å². The van der Waals surface area contributed by atoms with Gasteiger partial charge in [-0.05, 0) is 35.6 Å². The van der Waals surface area contributed by atoms with Crippen molar-refractivity contribution in [1.82, 2.24) is 0 Å².